The van der Waals surface area contributed by atoms with Crippen molar-refractivity contribution in [3.05, 3.63) is 59.1 Å². The molecule has 0 aromatic heterocycles. The summed E-state index contributed by atoms with van der Waals surface area (Å²) in [5, 5.41) is 6.01. The molecule has 3 rings (SSSR count). The Morgan fingerprint density at radius 1 is 1.00 bits per heavy atom. The first kappa shape index (κ1) is 19.7. The monoisotopic (exact) mass is 402 g/mol. The highest BCUT2D eigenvalue weighted by Gasteiger charge is 2.25. The van der Waals surface area contributed by atoms with Gasteiger partial charge in [0, 0.05) is 11.1 Å². The molecule has 2 aromatic carbocycles. The van der Waals surface area contributed by atoms with E-state index in [1.165, 1.54) is 0 Å². The highest BCUT2D eigenvalue weighted by atomic mass is 35.5. The predicted molar refractivity (Wildman–Crippen MR) is 103 cm³/mol. The average Bonchev–Trinajstić information content (AvgIpc) is 3.50. The van der Waals surface area contributed by atoms with Crippen LogP contribution in [0.3, 0.4) is 0 Å². The summed E-state index contributed by atoms with van der Waals surface area (Å²) in [5.74, 6) is -1.02. The Morgan fingerprint density at radius 3 is 2.43 bits per heavy atom. The van der Waals surface area contributed by atoms with E-state index in [0.29, 0.717) is 22.0 Å². The molecule has 0 heterocycles. The molecule has 28 heavy (non-hydrogen) atoms. The van der Waals surface area contributed by atoms with Crippen LogP contribution in [0, 0.1) is 0 Å². The average molecular weight is 403 g/mol. The lowest BCUT2D eigenvalue weighted by atomic mass is 10.1. The number of rotatable bonds is 8. The fourth-order valence-electron chi connectivity index (χ4n) is 2.33. The molecule has 1 aliphatic rings. The standard InChI is InChI=1S/C20H19ClN2O5/c21-13-5-9-15(10-6-13)27-12-19(25)28-11-18(24)23-17-4-2-1-3-16(17)20(26)22-14-7-8-14/h1-6,9-10,14H,7-8,11-12H2,(H,22,26)(H,23,24). The number of benzene rings is 2. The van der Waals surface area contributed by atoms with Crippen molar-refractivity contribution < 1.29 is 23.9 Å². The zero-order chi connectivity index (χ0) is 19.9. The second-order valence-corrected chi connectivity index (χ2v) is 6.68. The number of ether oxygens (including phenoxy) is 2. The van der Waals surface area contributed by atoms with Crippen molar-refractivity contribution in [3.63, 3.8) is 0 Å². The lowest BCUT2D eigenvalue weighted by Gasteiger charge is -2.11. The van der Waals surface area contributed by atoms with Gasteiger partial charge >= 0.3 is 5.97 Å². The highest BCUT2D eigenvalue weighted by Crippen LogP contribution is 2.21. The summed E-state index contributed by atoms with van der Waals surface area (Å²) in [5.41, 5.74) is 0.722. The van der Waals surface area contributed by atoms with Crippen molar-refractivity contribution in [3.8, 4) is 5.75 Å². The topological polar surface area (TPSA) is 93.7 Å². The van der Waals surface area contributed by atoms with Gasteiger partial charge in [-0.15, -0.1) is 0 Å². The van der Waals surface area contributed by atoms with Gasteiger partial charge in [0.05, 0.1) is 11.3 Å². The molecule has 1 fully saturated rings. The van der Waals surface area contributed by atoms with E-state index in [0.717, 1.165) is 12.8 Å². The van der Waals surface area contributed by atoms with Crippen molar-refractivity contribution in [2.24, 2.45) is 0 Å². The number of hydrogen-bond acceptors (Lipinski definition) is 5. The van der Waals surface area contributed by atoms with Crippen molar-refractivity contribution in [1.82, 2.24) is 5.32 Å². The Labute approximate surface area is 167 Å². The lowest BCUT2D eigenvalue weighted by Crippen LogP contribution is -2.28. The van der Waals surface area contributed by atoms with E-state index >= 15 is 0 Å². The highest BCUT2D eigenvalue weighted by molar-refractivity contribution is 6.30. The summed E-state index contributed by atoms with van der Waals surface area (Å²) in [7, 11) is 0. The van der Waals surface area contributed by atoms with Crippen LogP contribution >= 0.6 is 11.6 Å². The van der Waals surface area contributed by atoms with Gasteiger partial charge in [0.25, 0.3) is 11.8 Å². The summed E-state index contributed by atoms with van der Waals surface area (Å²) in [6.07, 6.45) is 1.93. The zero-order valence-electron chi connectivity index (χ0n) is 14.9. The molecule has 0 atom stereocenters. The Hall–Kier alpha value is -3.06. The molecule has 1 aliphatic carbocycles. The fraction of sp³-hybridized carbons (Fsp3) is 0.250. The van der Waals surface area contributed by atoms with Crippen LogP contribution in [-0.4, -0.2) is 37.0 Å². The molecule has 0 saturated heterocycles. The van der Waals surface area contributed by atoms with Gasteiger partial charge in [-0.3, -0.25) is 9.59 Å². The summed E-state index contributed by atoms with van der Waals surface area (Å²) >= 11 is 5.77. The first-order valence-corrected chi connectivity index (χ1v) is 9.13. The van der Waals surface area contributed by atoms with Crippen LogP contribution in [0.2, 0.25) is 5.02 Å². The molecular formula is C20H19ClN2O5. The molecule has 0 bridgehead atoms. The van der Waals surface area contributed by atoms with Gasteiger partial charge in [0.15, 0.2) is 13.2 Å². The minimum Gasteiger partial charge on any atom is -0.482 e. The SMILES string of the molecule is O=C(COC(=O)COc1ccc(Cl)cc1)Nc1ccccc1C(=O)NC1CC1. The number of carbonyl (C=O) groups excluding carboxylic acids is 3. The summed E-state index contributed by atoms with van der Waals surface area (Å²) in [4.78, 5) is 36.0. The Morgan fingerprint density at radius 2 is 1.71 bits per heavy atom. The molecule has 0 spiro atoms. The second-order valence-electron chi connectivity index (χ2n) is 6.24. The molecule has 2 N–H and O–H groups in total. The molecule has 0 unspecified atom stereocenters. The zero-order valence-corrected chi connectivity index (χ0v) is 15.7. The Balaban J connectivity index is 1.45. The van der Waals surface area contributed by atoms with E-state index < -0.39 is 18.5 Å². The van der Waals surface area contributed by atoms with E-state index in [4.69, 9.17) is 21.1 Å². The van der Waals surface area contributed by atoms with Gasteiger partial charge in [0.1, 0.15) is 5.75 Å². The quantitative estimate of drug-likeness (QED) is 0.662. The predicted octanol–water partition coefficient (Wildman–Crippen LogP) is 2.79. The maximum atomic E-state index is 12.2. The maximum Gasteiger partial charge on any atom is 0.344 e. The third-order valence-electron chi connectivity index (χ3n) is 3.89. The summed E-state index contributed by atoms with van der Waals surface area (Å²) < 4.78 is 10.1. The third-order valence-corrected chi connectivity index (χ3v) is 4.14. The van der Waals surface area contributed by atoms with Crippen LogP contribution in [0.4, 0.5) is 5.69 Å². The van der Waals surface area contributed by atoms with Crippen molar-refractivity contribution in [1.29, 1.82) is 0 Å². The van der Waals surface area contributed by atoms with E-state index in [1.54, 1.807) is 48.5 Å². The summed E-state index contributed by atoms with van der Waals surface area (Å²) in [6.45, 7) is -0.823. The maximum absolute atomic E-state index is 12.2. The Bertz CT molecular complexity index is 865. The van der Waals surface area contributed by atoms with Gasteiger partial charge in [-0.1, -0.05) is 23.7 Å². The van der Waals surface area contributed by atoms with Crippen LogP contribution in [0.1, 0.15) is 23.2 Å². The fourth-order valence-corrected chi connectivity index (χ4v) is 2.45. The molecule has 0 radical (unpaired) electrons. The van der Waals surface area contributed by atoms with Crippen LogP contribution in [-0.2, 0) is 14.3 Å². The molecule has 0 aliphatic heterocycles. The summed E-state index contributed by atoms with van der Waals surface area (Å²) in [6, 6.07) is 13.4. The number of carbonyl (C=O) groups is 3. The minimum atomic E-state index is -0.690. The molecule has 2 amide bonds. The number of esters is 1. The first-order chi connectivity index (χ1) is 13.5. The van der Waals surface area contributed by atoms with E-state index in [9.17, 15) is 14.4 Å². The number of anilines is 1. The molecule has 146 valence electrons. The van der Waals surface area contributed by atoms with Gasteiger partial charge in [-0.05, 0) is 49.2 Å². The molecule has 8 heteroatoms. The number of nitrogens with one attached hydrogen (secondary N) is 2. The molecular weight excluding hydrogens is 384 g/mol. The van der Waals surface area contributed by atoms with Crippen molar-refractivity contribution >= 4 is 35.1 Å². The van der Waals surface area contributed by atoms with Gasteiger partial charge in [0.2, 0.25) is 0 Å². The first-order valence-electron chi connectivity index (χ1n) is 8.75. The lowest BCUT2D eigenvalue weighted by molar-refractivity contribution is -0.149. The van der Waals surface area contributed by atoms with E-state index in [1.807, 2.05) is 0 Å². The van der Waals surface area contributed by atoms with Crippen LogP contribution in [0.25, 0.3) is 0 Å². The largest absolute Gasteiger partial charge is 0.482 e. The van der Waals surface area contributed by atoms with E-state index in [-0.39, 0.29) is 18.6 Å². The normalized spacial score (nSPS) is 12.8. The molecule has 7 nitrogen and oxygen atoms in total. The van der Waals surface area contributed by atoms with Gasteiger partial charge < -0.3 is 20.1 Å². The van der Waals surface area contributed by atoms with Crippen LogP contribution in [0.5, 0.6) is 5.75 Å². The molecule has 2 aromatic rings. The number of amides is 2. The van der Waals surface area contributed by atoms with Crippen LogP contribution in [0.15, 0.2) is 48.5 Å². The van der Waals surface area contributed by atoms with E-state index in [2.05, 4.69) is 10.6 Å². The number of para-hydroxylation sites is 1. The van der Waals surface area contributed by atoms with Gasteiger partial charge in [-0.25, -0.2) is 4.79 Å². The Kier molecular flexibility index (Phi) is 6.49. The smallest absolute Gasteiger partial charge is 0.344 e. The minimum absolute atomic E-state index is 0.206. The van der Waals surface area contributed by atoms with Crippen LogP contribution < -0.4 is 15.4 Å². The van der Waals surface area contributed by atoms with Crippen molar-refractivity contribution in [2.45, 2.75) is 18.9 Å². The molecule has 1 saturated carbocycles. The third kappa shape index (κ3) is 5.99. The van der Waals surface area contributed by atoms with Gasteiger partial charge in [-0.2, -0.15) is 0 Å². The number of hydrogen-bond donors (Lipinski definition) is 2. The van der Waals surface area contributed by atoms with Crippen molar-refractivity contribution in [2.75, 3.05) is 18.5 Å². The number of halogens is 1. The second kappa shape index (κ2) is 9.23.